The molecule has 3 nitrogen and oxygen atoms in total. The van der Waals surface area contributed by atoms with Gasteiger partial charge in [0.1, 0.15) is 11.6 Å². The predicted molar refractivity (Wildman–Crippen MR) is 91.5 cm³/mol. The molecule has 128 valence electrons. The zero-order valence-electron chi connectivity index (χ0n) is 13.6. The number of H-pyrrole nitrogens is 1. The molecule has 1 fully saturated rings. The summed E-state index contributed by atoms with van der Waals surface area (Å²) in [6.45, 7) is 1.84. The van der Waals surface area contributed by atoms with Crippen LogP contribution in [0.1, 0.15) is 49.4 Å². The molecule has 0 radical (unpaired) electrons. The fourth-order valence-electron chi connectivity index (χ4n) is 3.12. The van der Waals surface area contributed by atoms with E-state index < -0.39 is 11.6 Å². The van der Waals surface area contributed by atoms with E-state index in [0.717, 1.165) is 12.8 Å². The quantitative estimate of drug-likeness (QED) is 0.821. The van der Waals surface area contributed by atoms with Crippen LogP contribution in [0.25, 0.3) is 0 Å². The van der Waals surface area contributed by atoms with Crippen LogP contribution in [0.2, 0.25) is 0 Å². The smallest absolute Gasteiger partial charge is 0.254 e. The van der Waals surface area contributed by atoms with Crippen molar-refractivity contribution >= 4 is 11.8 Å². The van der Waals surface area contributed by atoms with Crippen molar-refractivity contribution < 1.29 is 8.78 Å². The van der Waals surface area contributed by atoms with Gasteiger partial charge in [-0.2, -0.15) is 0 Å². The highest BCUT2D eigenvalue weighted by molar-refractivity contribution is 7.99. The summed E-state index contributed by atoms with van der Waals surface area (Å²) in [6.07, 6.45) is 5.08. The van der Waals surface area contributed by atoms with E-state index in [4.69, 9.17) is 0 Å². The van der Waals surface area contributed by atoms with E-state index >= 15 is 0 Å². The van der Waals surface area contributed by atoms with Crippen molar-refractivity contribution in [2.24, 2.45) is 0 Å². The summed E-state index contributed by atoms with van der Waals surface area (Å²) in [4.78, 5) is 19.7. The maximum Gasteiger partial charge on any atom is 0.254 e. The molecule has 0 spiro atoms. The minimum atomic E-state index is -0.607. The number of hydrogen-bond acceptors (Lipinski definition) is 3. The molecular weight excluding hydrogens is 330 g/mol. The summed E-state index contributed by atoms with van der Waals surface area (Å²) < 4.78 is 27.9. The van der Waals surface area contributed by atoms with Crippen molar-refractivity contribution in [3.8, 4) is 0 Å². The van der Waals surface area contributed by atoms with E-state index in [0.29, 0.717) is 28.1 Å². The number of rotatable bonds is 5. The normalized spacial score (nSPS) is 15.1. The molecule has 1 heterocycles. The van der Waals surface area contributed by atoms with Gasteiger partial charge in [-0.25, -0.2) is 13.8 Å². The molecule has 1 aromatic heterocycles. The maximum absolute atomic E-state index is 13.9. The van der Waals surface area contributed by atoms with Crippen molar-refractivity contribution in [2.45, 2.75) is 55.9 Å². The number of aromatic amines is 1. The van der Waals surface area contributed by atoms with E-state index in [-0.39, 0.29) is 17.5 Å². The third kappa shape index (κ3) is 3.69. The van der Waals surface area contributed by atoms with Crippen LogP contribution in [0.4, 0.5) is 8.78 Å². The summed E-state index contributed by atoms with van der Waals surface area (Å²) in [6, 6.07) is 3.79. The number of hydrogen-bond donors (Lipinski definition) is 1. The van der Waals surface area contributed by atoms with E-state index in [1.54, 1.807) is 11.8 Å². The molecule has 1 aliphatic carbocycles. The molecule has 1 N–H and O–H groups in total. The highest BCUT2D eigenvalue weighted by atomic mass is 32.2. The first kappa shape index (κ1) is 17.1. The van der Waals surface area contributed by atoms with Gasteiger partial charge >= 0.3 is 0 Å². The molecule has 2 aromatic rings. The van der Waals surface area contributed by atoms with E-state index in [1.807, 2.05) is 6.92 Å². The Morgan fingerprint density at radius 2 is 1.88 bits per heavy atom. The van der Waals surface area contributed by atoms with Gasteiger partial charge < -0.3 is 4.98 Å². The van der Waals surface area contributed by atoms with Gasteiger partial charge in [0, 0.05) is 22.8 Å². The Morgan fingerprint density at radius 3 is 2.50 bits per heavy atom. The SMILES string of the molecule is CCc1c(Cc2c(F)cccc2F)nc(SC2CCCC2)[nH]c1=O. The highest BCUT2D eigenvalue weighted by Gasteiger charge is 2.20. The fourth-order valence-corrected chi connectivity index (χ4v) is 4.32. The Morgan fingerprint density at radius 1 is 1.21 bits per heavy atom. The van der Waals surface area contributed by atoms with Crippen LogP contribution >= 0.6 is 11.8 Å². The minimum Gasteiger partial charge on any atom is -0.301 e. The van der Waals surface area contributed by atoms with Gasteiger partial charge in [-0.15, -0.1) is 0 Å². The molecule has 0 unspecified atom stereocenters. The Bertz CT molecular complexity index is 765. The Labute approximate surface area is 143 Å². The predicted octanol–water partition coefficient (Wildman–Crippen LogP) is 4.24. The van der Waals surface area contributed by atoms with Gasteiger partial charge in [0.2, 0.25) is 0 Å². The summed E-state index contributed by atoms with van der Waals surface area (Å²) in [5.41, 5.74) is 0.709. The molecule has 0 amide bonds. The molecule has 24 heavy (non-hydrogen) atoms. The molecule has 6 heteroatoms. The largest absolute Gasteiger partial charge is 0.301 e. The number of nitrogens with zero attached hydrogens (tertiary/aromatic N) is 1. The zero-order valence-corrected chi connectivity index (χ0v) is 14.4. The lowest BCUT2D eigenvalue weighted by Gasteiger charge is -2.12. The second-order valence-electron chi connectivity index (χ2n) is 6.05. The minimum absolute atomic E-state index is 0.0101. The van der Waals surface area contributed by atoms with Crippen LogP contribution in [-0.2, 0) is 12.8 Å². The number of thioether (sulfide) groups is 1. The summed E-state index contributed by atoms with van der Waals surface area (Å²) in [5, 5.41) is 1.01. The van der Waals surface area contributed by atoms with Gasteiger partial charge in [0.25, 0.3) is 5.56 Å². The summed E-state index contributed by atoms with van der Waals surface area (Å²) in [7, 11) is 0. The van der Waals surface area contributed by atoms with Crippen molar-refractivity contribution in [1.82, 2.24) is 9.97 Å². The second-order valence-corrected chi connectivity index (χ2v) is 7.34. The van der Waals surface area contributed by atoms with E-state index in [1.165, 1.54) is 31.0 Å². The van der Waals surface area contributed by atoms with Crippen molar-refractivity contribution in [3.05, 3.63) is 57.0 Å². The fraction of sp³-hybridized carbons (Fsp3) is 0.444. The van der Waals surface area contributed by atoms with Crippen LogP contribution < -0.4 is 5.56 Å². The molecular formula is C18H20F2N2OS. The Kier molecular flexibility index (Phi) is 5.33. The standard InChI is InChI=1S/C18H20F2N2OS/c1-2-12-16(10-13-14(19)8-5-9-15(13)20)21-18(22-17(12)23)24-11-6-3-4-7-11/h5,8-9,11H,2-4,6-7,10H2,1H3,(H,21,22,23). The summed E-state index contributed by atoms with van der Waals surface area (Å²) in [5.74, 6) is -1.21. The highest BCUT2D eigenvalue weighted by Crippen LogP contribution is 2.33. The molecule has 0 bridgehead atoms. The van der Waals surface area contributed by atoms with Crippen molar-refractivity contribution in [3.63, 3.8) is 0 Å². The van der Waals surface area contributed by atoms with Crippen LogP contribution in [0.5, 0.6) is 0 Å². The van der Waals surface area contributed by atoms with Crippen LogP contribution in [0.15, 0.2) is 28.2 Å². The third-order valence-corrected chi connectivity index (χ3v) is 5.64. The monoisotopic (exact) mass is 350 g/mol. The topological polar surface area (TPSA) is 45.8 Å². The number of halogens is 2. The molecule has 0 aliphatic heterocycles. The van der Waals surface area contributed by atoms with E-state index in [2.05, 4.69) is 9.97 Å². The first-order valence-corrected chi connectivity index (χ1v) is 9.18. The number of aromatic nitrogens is 2. The zero-order chi connectivity index (χ0) is 17.1. The van der Waals surface area contributed by atoms with Crippen LogP contribution in [0, 0.1) is 11.6 Å². The maximum atomic E-state index is 13.9. The lowest BCUT2D eigenvalue weighted by molar-refractivity contribution is 0.559. The average Bonchev–Trinajstić information content (AvgIpc) is 3.04. The van der Waals surface area contributed by atoms with Crippen molar-refractivity contribution in [2.75, 3.05) is 0 Å². The van der Waals surface area contributed by atoms with Crippen molar-refractivity contribution in [1.29, 1.82) is 0 Å². The lowest BCUT2D eigenvalue weighted by Crippen LogP contribution is -2.19. The van der Waals surface area contributed by atoms with Gasteiger partial charge in [0.05, 0.1) is 5.69 Å². The Hall–Kier alpha value is -1.69. The van der Waals surface area contributed by atoms with E-state index in [9.17, 15) is 13.6 Å². The van der Waals surface area contributed by atoms with Gasteiger partial charge in [-0.05, 0) is 31.4 Å². The van der Waals surface area contributed by atoms with Gasteiger partial charge in [-0.1, -0.05) is 37.6 Å². The number of benzene rings is 1. The Balaban J connectivity index is 1.95. The molecule has 3 rings (SSSR count). The molecule has 1 aliphatic rings. The first-order chi connectivity index (χ1) is 11.6. The third-order valence-electron chi connectivity index (χ3n) is 4.42. The summed E-state index contributed by atoms with van der Waals surface area (Å²) >= 11 is 1.56. The molecule has 1 aromatic carbocycles. The van der Waals surface area contributed by atoms with Gasteiger partial charge in [0.15, 0.2) is 5.16 Å². The average molecular weight is 350 g/mol. The number of nitrogens with one attached hydrogen (secondary N) is 1. The lowest BCUT2D eigenvalue weighted by atomic mass is 10.0. The molecule has 0 atom stereocenters. The molecule has 0 saturated heterocycles. The van der Waals surface area contributed by atoms with Gasteiger partial charge in [-0.3, -0.25) is 4.79 Å². The van der Waals surface area contributed by atoms with Crippen LogP contribution in [0.3, 0.4) is 0 Å². The molecule has 1 saturated carbocycles. The second kappa shape index (κ2) is 7.47. The van der Waals surface area contributed by atoms with Crippen LogP contribution in [-0.4, -0.2) is 15.2 Å². The first-order valence-electron chi connectivity index (χ1n) is 8.30.